The summed E-state index contributed by atoms with van der Waals surface area (Å²) < 4.78 is 33.5. The van der Waals surface area contributed by atoms with E-state index in [1.54, 1.807) is 49.5 Å². The fourth-order valence-electron chi connectivity index (χ4n) is 3.42. The molecule has 0 aliphatic carbocycles. The van der Waals surface area contributed by atoms with Crippen LogP contribution in [0, 0.1) is 6.92 Å². The van der Waals surface area contributed by atoms with Gasteiger partial charge in [-0.25, -0.2) is 13.2 Å². The van der Waals surface area contributed by atoms with Crippen molar-refractivity contribution in [3.63, 3.8) is 0 Å². The molecule has 2 atom stereocenters. The zero-order chi connectivity index (χ0) is 19.2. The number of ether oxygens (including phenoxy) is 1. The highest BCUT2D eigenvalue weighted by Gasteiger charge is 2.41. The van der Waals surface area contributed by atoms with Crippen LogP contribution in [0.3, 0.4) is 0 Å². The van der Waals surface area contributed by atoms with Crippen LogP contribution in [0.4, 0.5) is 0 Å². The predicted octanol–water partition coefficient (Wildman–Crippen LogP) is 3.58. The Kier molecular flexibility index (Phi) is 4.15. The van der Waals surface area contributed by atoms with Crippen molar-refractivity contribution >= 4 is 22.1 Å². The third kappa shape index (κ3) is 2.96. The number of carbonyl (C=O) groups is 1. The summed E-state index contributed by atoms with van der Waals surface area (Å²) in [7, 11) is -3.82. The Morgan fingerprint density at radius 2 is 1.70 bits per heavy atom. The summed E-state index contributed by atoms with van der Waals surface area (Å²) in [5, 5.41) is 0. The summed E-state index contributed by atoms with van der Waals surface area (Å²) in [5.74, 6) is -0.417. The standard InChI is InChI=1S/C21H19NO4S/c1-14-7-9-17(10-8-14)27(24,25)22-12-11-16-5-3-4-6-18(16)20(22)19-13-15(2)21(23)26-19/h3-13,19-20H,1-2H3/t19-,20-/m0/s1. The van der Waals surface area contributed by atoms with Crippen LogP contribution in [0.2, 0.25) is 0 Å². The molecule has 0 amide bonds. The first kappa shape index (κ1) is 17.5. The molecule has 2 heterocycles. The van der Waals surface area contributed by atoms with Gasteiger partial charge in [-0.1, -0.05) is 42.0 Å². The second-order valence-corrected chi connectivity index (χ2v) is 8.60. The molecule has 0 saturated heterocycles. The lowest BCUT2D eigenvalue weighted by Gasteiger charge is -2.36. The van der Waals surface area contributed by atoms with Crippen LogP contribution in [-0.2, 0) is 19.6 Å². The SMILES string of the molecule is CC1=C[C@@H]([C@@H]2c3ccccc3C=CN2S(=O)(=O)c2ccc(C)cc2)OC1=O. The van der Waals surface area contributed by atoms with Gasteiger partial charge in [0.2, 0.25) is 0 Å². The number of hydrogen-bond acceptors (Lipinski definition) is 4. The number of sulfonamides is 1. The van der Waals surface area contributed by atoms with Gasteiger partial charge in [-0.05, 0) is 49.3 Å². The number of esters is 1. The summed E-state index contributed by atoms with van der Waals surface area (Å²) in [6, 6.07) is 13.6. The molecular weight excluding hydrogens is 362 g/mol. The molecule has 0 bridgehead atoms. The maximum absolute atomic E-state index is 13.4. The van der Waals surface area contributed by atoms with E-state index in [4.69, 9.17) is 4.74 Å². The van der Waals surface area contributed by atoms with Crippen molar-refractivity contribution in [1.82, 2.24) is 4.31 Å². The molecule has 0 unspecified atom stereocenters. The highest BCUT2D eigenvalue weighted by Crippen LogP contribution is 2.40. The zero-order valence-electron chi connectivity index (χ0n) is 15.0. The van der Waals surface area contributed by atoms with Crippen LogP contribution < -0.4 is 0 Å². The molecule has 0 aromatic heterocycles. The Morgan fingerprint density at radius 1 is 1.00 bits per heavy atom. The van der Waals surface area contributed by atoms with E-state index < -0.39 is 28.1 Å². The summed E-state index contributed by atoms with van der Waals surface area (Å²) in [6.45, 7) is 3.58. The van der Waals surface area contributed by atoms with Crippen molar-refractivity contribution in [2.45, 2.75) is 30.9 Å². The second-order valence-electron chi connectivity index (χ2n) is 6.76. The molecule has 138 valence electrons. The molecule has 2 aliphatic heterocycles. The smallest absolute Gasteiger partial charge is 0.334 e. The largest absolute Gasteiger partial charge is 0.452 e. The lowest BCUT2D eigenvalue weighted by molar-refractivity contribution is -0.141. The van der Waals surface area contributed by atoms with E-state index in [2.05, 4.69) is 0 Å². The Hall–Kier alpha value is -2.86. The minimum atomic E-state index is -3.82. The molecule has 2 aromatic carbocycles. The molecule has 5 nitrogen and oxygen atoms in total. The number of carbonyl (C=O) groups excluding carboxylic acids is 1. The van der Waals surface area contributed by atoms with Crippen molar-refractivity contribution in [1.29, 1.82) is 0 Å². The van der Waals surface area contributed by atoms with Crippen LogP contribution in [0.25, 0.3) is 6.08 Å². The van der Waals surface area contributed by atoms with Crippen molar-refractivity contribution in [3.05, 3.63) is 83.1 Å². The van der Waals surface area contributed by atoms with Crippen molar-refractivity contribution < 1.29 is 17.9 Å². The number of rotatable bonds is 3. The maximum atomic E-state index is 13.4. The number of nitrogens with zero attached hydrogens (tertiary/aromatic N) is 1. The molecule has 2 aliphatic rings. The fraction of sp³-hybridized carbons (Fsp3) is 0.190. The molecule has 6 heteroatoms. The van der Waals surface area contributed by atoms with Gasteiger partial charge < -0.3 is 4.74 Å². The van der Waals surface area contributed by atoms with Gasteiger partial charge in [0.15, 0.2) is 0 Å². The summed E-state index contributed by atoms with van der Waals surface area (Å²) >= 11 is 0. The lowest BCUT2D eigenvalue weighted by Crippen LogP contribution is -2.39. The monoisotopic (exact) mass is 381 g/mol. The van der Waals surface area contributed by atoms with Gasteiger partial charge in [0.05, 0.1) is 4.90 Å². The van der Waals surface area contributed by atoms with Crippen LogP contribution in [-0.4, -0.2) is 24.8 Å². The van der Waals surface area contributed by atoms with Crippen molar-refractivity contribution in [2.24, 2.45) is 0 Å². The van der Waals surface area contributed by atoms with Gasteiger partial charge in [-0.2, -0.15) is 0 Å². The summed E-state index contributed by atoms with van der Waals surface area (Å²) in [5.41, 5.74) is 3.18. The van der Waals surface area contributed by atoms with Gasteiger partial charge in [-0.3, -0.25) is 4.31 Å². The van der Waals surface area contributed by atoms with E-state index in [9.17, 15) is 13.2 Å². The number of hydrogen-bond donors (Lipinski definition) is 0. The fourth-order valence-corrected chi connectivity index (χ4v) is 4.90. The van der Waals surface area contributed by atoms with E-state index in [0.717, 1.165) is 16.7 Å². The van der Waals surface area contributed by atoms with Crippen LogP contribution in [0.5, 0.6) is 0 Å². The van der Waals surface area contributed by atoms with E-state index in [-0.39, 0.29) is 4.90 Å². The third-order valence-corrected chi connectivity index (χ3v) is 6.65. The molecular formula is C21H19NO4S. The van der Waals surface area contributed by atoms with E-state index in [1.807, 2.05) is 31.2 Å². The molecule has 0 saturated carbocycles. The van der Waals surface area contributed by atoms with Crippen molar-refractivity contribution in [2.75, 3.05) is 0 Å². The number of cyclic esters (lactones) is 1. The quantitative estimate of drug-likeness (QED) is 0.763. The van der Waals surface area contributed by atoms with Crippen LogP contribution in [0.1, 0.15) is 29.7 Å². The van der Waals surface area contributed by atoms with Gasteiger partial charge in [0, 0.05) is 11.8 Å². The van der Waals surface area contributed by atoms with Crippen LogP contribution in [0.15, 0.2) is 71.3 Å². The summed E-state index contributed by atoms with van der Waals surface area (Å²) in [6.07, 6.45) is 4.34. The van der Waals surface area contributed by atoms with Gasteiger partial charge >= 0.3 is 5.97 Å². The highest BCUT2D eigenvalue weighted by atomic mass is 32.2. The average Bonchev–Trinajstić information content (AvgIpc) is 2.99. The van der Waals surface area contributed by atoms with Crippen molar-refractivity contribution in [3.8, 4) is 0 Å². The highest BCUT2D eigenvalue weighted by molar-refractivity contribution is 7.89. The normalized spacial score (nSPS) is 21.6. The summed E-state index contributed by atoms with van der Waals surface area (Å²) in [4.78, 5) is 12.1. The number of aryl methyl sites for hydroxylation is 1. The molecule has 4 rings (SSSR count). The molecule has 0 N–H and O–H groups in total. The first-order valence-corrected chi connectivity index (χ1v) is 10.1. The first-order valence-electron chi connectivity index (χ1n) is 8.65. The van der Waals surface area contributed by atoms with Gasteiger partial charge in [-0.15, -0.1) is 0 Å². The maximum Gasteiger partial charge on any atom is 0.334 e. The molecule has 0 spiro atoms. The van der Waals surface area contributed by atoms with Gasteiger partial charge in [0.25, 0.3) is 10.0 Å². The van der Waals surface area contributed by atoms with E-state index in [1.165, 1.54) is 4.31 Å². The van der Waals surface area contributed by atoms with Crippen LogP contribution >= 0.6 is 0 Å². The minimum absolute atomic E-state index is 0.201. The molecule has 0 fully saturated rings. The Balaban J connectivity index is 1.84. The molecule has 27 heavy (non-hydrogen) atoms. The number of benzene rings is 2. The third-order valence-electron chi connectivity index (χ3n) is 4.88. The Bertz CT molecular complexity index is 1070. The molecule has 0 radical (unpaired) electrons. The average molecular weight is 381 g/mol. The van der Waals surface area contributed by atoms with Gasteiger partial charge in [0.1, 0.15) is 12.1 Å². The minimum Gasteiger partial charge on any atom is -0.452 e. The van der Waals surface area contributed by atoms with E-state index in [0.29, 0.717) is 5.57 Å². The number of fused-ring (bicyclic) bond motifs is 1. The van der Waals surface area contributed by atoms with E-state index >= 15 is 0 Å². The lowest BCUT2D eigenvalue weighted by atomic mass is 9.93. The Morgan fingerprint density at radius 3 is 2.37 bits per heavy atom. The molecule has 2 aromatic rings. The Labute approximate surface area is 158 Å². The first-order chi connectivity index (χ1) is 12.9. The second kappa shape index (κ2) is 6.39. The topological polar surface area (TPSA) is 63.7 Å². The zero-order valence-corrected chi connectivity index (χ0v) is 15.8. The predicted molar refractivity (Wildman–Crippen MR) is 102 cm³/mol.